The van der Waals surface area contributed by atoms with Crippen LogP contribution < -0.4 is 0 Å². The molecule has 1 heterocycles. The van der Waals surface area contributed by atoms with Gasteiger partial charge < -0.3 is 4.74 Å². The summed E-state index contributed by atoms with van der Waals surface area (Å²) in [5, 5.41) is 4.03. The van der Waals surface area contributed by atoms with E-state index in [4.69, 9.17) is 4.74 Å². The lowest BCUT2D eigenvalue weighted by atomic mass is 10.3. The second-order valence-corrected chi connectivity index (χ2v) is 2.27. The molecule has 14 heavy (non-hydrogen) atoms. The van der Waals surface area contributed by atoms with Crippen molar-refractivity contribution in [2.24, 2.45) is 7.05 Å². The minimum atomic E-state index is 0.770. The van der Waals surface area contributed by atoms with Crippen LogP contribution in [0.1, 0.15) is 33.3 Å². The molecule has 3 nitrogen and oxygen atoms in total. The summed E-state index contributed by atoms with van der Waals surface area (Å²) >= 11 is 0. The van der Waals surface area contributed by atoms with E-state index in [0.717, 1.165) is 13.0 Å². The van der Waals surface area contributed by atoms with Gasteiger partial charge in [-0.3, -0.25) is 4.68 Å². The zero-order chi connectivity index (χ0) is 11.4. The van der Waals surface area contributed by atoms with Crippen molar-refractivity contribution in [3.63, 3.8) is 0 Å². The molecular formula is C11H24N2O. The first-order valence-corrected chi connectivity index (χ1v) is 5.29. The van der Waals surface area contributed by atoms with E-state index in [1.165, 1.54) is 5.56 Å². The Morgan fingerprint density at radius 1 is 1.29 bits per heavy atom. The van der Waals surface area contributed by atoms with Gasteiger partial charge in [-0.25, -0.2) is 0 Å². The van der Waals surface area contributed by atoms with Crippen LogP contribution >= 0.6 is 0 Å². The highest BCUT2D eigenvalue weighted by molar-refractivity contribution is 5.03. The Morgan fingerprint density at radius 3 is 2.21 bits per heavy atom. The Morgan fingerprint density at radius 2 is 1.86 bits per heavy atom. The summed E-state index contributed by atoms with van der Waals surface area (Å²) in [6.45, 7) is 8.77. The maximum Gasteiger partial charge on any atom is 0.0522 e. The quantitative estimate of drug-likeness (QED) is 0.750. The predicted molar refractivity (Wildman–Crippen MR) is 61.5 cm³/mol. The number of nitrogens with zero attached hydrogens (tertiary/aromatic N) is 2. The molecule has 0 saturated carbocycles. The smallest absolute Gasteiger partial charge is 0.0522 e. The van der Waals surface area contributed by atoms with Gasteiger partial charge >= 0.3 is 0 Å². The second kappa shape index (κ2) is 12.2. The second-order valence-electron chi connectivity index (χ2n) is 2.27. The molecule has 0 aliphatic rings. The summed E-state index contributed by atoms with van der Waals surface area (Å²) in [6.07, 6.45) is 4.81. The largest absolute Gasteiger partial charge is 0.384 e. The zero-order valence-corrected chi connectivity index (χ0v) is 10.4. The van der Waals surface area contributed by atoms with Gasteiger partial charge in [-0.2, -0.15) is 5.10 Å². The molecule has 1 aromatic heterocycles. The van der Waals surface area contributed by atoms with E-state index in [0.29, 0.717) is 0 Å². The standard InChI is InChI=1S/C7H12N2O.2C2H6/c1-9-6-7(5-8-9)3-4-10-2;2*1-2/h5-6H,3-4H2,1-2H3;2*1-2H3. The van der Waals surface area contributed by atoms with Crippen LogP contribution in [-0.4, -0.2) is 23.5 Å². The summed E-state index contributed by atoms with van der Waals surface area (Å²) in [4.78, 5) is 0. The summed E-state index contributed by atoms with van der Waals surface area (Å²) in [5.74, 6) is 0. The minimum absolute atomic E-state index is 0.770. The van der Waals surface area contributed by atoms with Crippen molar-refractivity contribution in [3.8, 4) is 0 Å². The first-order valence-electron chi connectivity index (χ1n) is 5.29. The number of aryl methyl sites for hydroxylation is 1. The molecule has 0 bridgehead atoms. The fourth-order valence-electron chi connectivity index (χ4n) is 0.821. The van der Waals surface area contributed by atoms with Crippen molar-refractivity contribution in [1.29, 1.82) is 0 Å². The van der Waals surface area contributed by atoms with Gasteiger partial charge in [0.2, 0.25) is 0 Å². The zero-order valence-electron chi connectivity index (χ0n) is 10.4. The summed E-state index contributed by atoms with van der Waals surface area (Å²) < 4.78 is 6.71. The molecule has 0 atom stereocenters. The molecule has 0 aliphatic heterocycles. The molecule has 0 N–H and O–H groups in total. The first-order chi connectivity index (χ1) is 6.83. The molecule has 0 aliphatic carbocycles. The van der Waals surface area contributed by atoms with E-state index in [2.05, 4.69) is 5.10 Å². The van der Waals surface area contributed by atoms with E-state index in [1.807, 2.05) is 47.1 Å². The summed E-state index contributed by atoms with van der Waals surface area (Å²) in [6, 6.07) is 0. The average molecular weight is 200 g/mol. The summed E-state index contributed by atoms with van der Waals surface area (Å²) in [7, 11) is 3.62. The Bertz CT molecular complexity index is 197. The maximum atomic E-state index is 4.92. The normalized spacial score (nSPS) is 8.14. The van der Waals surface area contributed by atoms with Gasteiger partial charge in [-0.05, 0) is 12.0 Å². The molecule has 0 aromatic carbocycles. The molecular weight excluding hydrogens is 176 g/mol. The van der Waals surface area contributed by atoms with Crippen molar-refractivity contribution >= 4 is 0 Å². The molecule has 0 spiro atoms. The molecule has 0 amide bonds. The first kappa shape index (κ1) is 15.6. The average Bonchev–Trinajstić information content (AvgIpc) is 2.67. The molecule has 1 aromatic rings. The monoisotopic (exact) mass is 200 g/mol. The molecule has 0 saturated heterocycles. The highest BCUT2D eigenvalue weighted by Crippen LogP contribution is 1.96. The van der Waals surface area contributed by atoms with Gasteiger partial charge in [-0.15, -0.1) is 0 Å². The fourth-order valence-corrected chi connectivity index (χ4v) is 0.821. The molecule has 0 unspecified atom stereocenters. The van der Waals surface area contributed by atoms with E-state index in [-0.39, 0.29) is 0 Å². The Labute approximate surface area is 88.1 Å². The third-order valence-corrected chi connectivity index (χ3v) is 1.35. The highest BCUT2D eigenvalue weighted by Gasteiger charge is 1.93. The van der Waals surface area contributed by atoms with Gasteiger partial charge in [0, 0.05) is 20.4 Å². The van der Waals surface area contributed by atoms with Crippen LogP contribution in [0.2, 0.25) is 0 Å². The van der Waals surface area contributed by atoms with Crippen LogP contribution in [-0.2, 0) is 18.2 Å². The van der Waals surface area contributed by atoms with Crippen molar-refractivity contribution in [2.75, 3.05) is 13.7 Å². The van der Waals surface area contributed by atoms with Gasteiger partial charge in [0.15, 0.2) is 0 Å². The summed E-state index contributed by atoms with van der Waals surface area (Å²) in [5.41, 5.74) is 1.23. The number of ether oxygens (including phenoxy) is 1. The maximum absolute atomic E-state index is 4.92. The molecule has 0 fully saturated rings. The van der Waals surface area contributed by atoms with E-state index < -0.39 is 0 Å². The van der Waals surface area contributed by atoms with E-state index in [1.54, 1.807) is 11.8 Å². The predicted octanol–water partition coefficient (Wildman–Crippen LogP) is 2.66. The minimum Gasteiger partial charge on any atom is -0.384 e. The third-order valence-electron chi connectivity index (χ3n) is 1.35. The fraction of sp³-hybridized carbons (Fsp3) is 0.727. The van der Waals surface area contributed by atoms with Gasteiger partial charge in [0.1, 0.15) is 0 Å². The highest BCUT2D eigenvalue weighted by atomic mass is 16.5. The number of hydrogen-bond donors (Lipinski definition) is 0. The van der Waals surface area contributed by atoms with E-state index in [9.17, 15) is 0 Å². The van der Waals surface area contributed by atoms with Crippen LogP contribution in [0.3, 0.4) is 0 Å². The topological polar surface area (TPSA) is 27.1 Å². The molecule has 3 heteroatoms. The molecule has 1 rings (SSSR count). The van der Waals surface area contributed by atoms with Gasteiger partial charge in [0.25, 0.3) is 0 Å². The lowest BCUT2D eigenvalue weighted by Crippen LogP contribution is -1.92. The van der Waals surface area contributed by atoms with Gasteiger partial charge in [-0.1, -0.05) is 27.7 Å². The lowest BCUT2D eigenvalue weighted by Gasteiger charge is -1.92. The molecule has 84 valence electrons. The Kier molecular flexibility index (Phi) is 13.6. The lowest BCUT2D eigenvalue weighted by molar-refractivity contribution is 0.202. The third kappa shape index (κ3) is 7.80. The van der Waals surface area contributed by atoms with Crippen LogP contribution in [0.15, 0.2) is 12.4 Å². The SMILES string of the molecule is CC.CC.COCCc1cnn(C)c1. The number of aromatic nitrogens is 2. The van der Waals surface area contributed by atoms with E-state index >= 15 is 0 Å². The van der Waals surface area contributed by atoms with Crippen LogP contribution in [0.25, 0.3) is 0 Å². The van der Waals surface area contributed by atoms with Crippen molar-refractivity contribution in [1.82, 2.24) is 9.78 Å². The number of methoxy groups -OCH3 is 1. The Hall–Kier alpha value is -0.830. The molecule has 0 radical (unpaired) electrons. The van der Waals surface area contributed by atoms with Crippen LogP contribution in [0.5, 0.6) is 0 Å². The number of rotatable bonds is 3. The number of hydrogen-bond acceptors (Lipinski definition) is 2. The van der Waals surface area contributed by atoms with Crippen molar-refractivity contribution in [2.45, 2.75) is 34.1 Å². The van der Waals surface area contributed by atoms with Crippen molar-refractivity contribution in [3.05, 3.63) is 18.0 Å². The van der Waals surface area contributed by atoms with Crippen LogP contribution in [0, 0.1) is 0 Å². The van der Waals surface area contributed by atoms with Crippen molar-refractivity contribution < 1.29 is 4.74 Å². The van der Waals surface area contributed by atoms with Crippen LogP contribution in [0.4, 0.5) is 0 Å². The van der Waals surface area contributed by atoms with Gasteiger partial charge in [0.05, 0.1) is 12.8 Å². The Balaban J connectivity index is 0.